The first kappa shape index (κ1) is 23.0. The summed E-state index contributed by atoms with van der Waals surface area (Å²) in [4.78, 5) is 0. The lowest BCUT2D eigenvalue weighted by Gasteiger charge is -2.03. The Kier molecular flexibility index (Phi) is 12.5. The van der Waals surface area contributed by atoms with E-state index in [1.54, 1.807) is 0 Å². The van der Waals surface area contributed by atoms with Crippen molar-refractivity contribution in [3.63, 3.8) is 0 Å². The van der Waals surface area contributed by atoms with Gasteiger partial charge in [-0.3, -0.25) is 0 Å². The van der Waals surface area contributed by atoms with Crippen molar-refractivity contribution in [3.05, 3.63) is 25.4 Å². The Hall–Kier alpha value is 2.72. The molecule has 136 valence electrons. The summed E-state index contributed by atoms with van der Waals surface area (Å²) in [5, 5.41) is 0. The van der Waals surface area contributed by atoms with Crippen LogP contribution in [-0.4, -0.2) is 35.5 Å². The standard InChI is InChI=1S/C14H20S10/c1-17-9-11(19-7-3-5-15)23-13(21-9)14-22-10(18-2)12(24-14)20-8-4-6-16/h15-16H,3-8H2,1-2H3/b14-13-. The summed E-state index contributed by atoms with van der Waals surface area (Å²) >= 11 is 24.3. The summed E-state index contributed by atoms with van der Waals surface area (Å²) < 4.78 is 8.85. The monoisotopic (exact) mass is 508 g/mol. The van der Waals surface area contributed by atoms with E-state index in [1.165, 1.54) is 49.8 Å². The Morgan fingerprint density at radius 2 is 1.04 bits per heavy atom. The molecule has 0 aliphatic carbocycles. The van der Waals surface area contributed by atoms with Gasteiger partial charge in [-0.25, -0.2) is 0 Å². The summed E-state index contributed by atoms with van der Waals surface area (Å²) in [7, 11) is 0. The number of thioether (sulfide) groups is 8. The third-order valence-corrected chi connectivity index (χ3v) is 14.8. The van der Waals surface area contributed by atoms with E-state index in [0.29, 0.717) is 0 Å². The van der Waals surface area contributed by atoms with Crippen LogP contribution in [0.1, 0.15) is 12.8 Å². The van der Waals surface area contributed by atoms with Gasteiger partial charge in [-0.1, -0.05) is 47.0 Å². The highest BCUT2D eigenvalue weighted by molar-refractivity contribution is 8.45. The van der Waals surface area contributed by atoms with E-state index in [1.807, 2.05) is 94.1 Å². The van der Waals surface area contributed by atoms with Gasteiger partial charge in [0.1, 0.15) is 0 Å². The maximum Gasteiger partial charge on any atom is 0.0717 e. The lowest BCUT2D eigenvalue weighted by atomic mass is 10.6. The molecule has 0 spiro atoms. The van der Waals surface area contributed by atoms with Crippen molar-refractivity contribution in [3.8, 4) is 0 Å². The highest BCUT2D eigenvalue weighted by atomic mass is 32.3. The van der Waals surface area contributed by atoms with Crippen LogP contribution in [0.25, 0.3) is 0 Å². The molecule has 0 aromatic rings. The van der Waals surface area contributed by atoms with Gasteiger partial charge in [-0.05, 0) is 48.4 Å². The summed E-state index contributed by atoms with van der Waals surface area (Å²) in [5.74, 6) is 4.28. The maximum atomic E-state index is 4.32. The molecule has 0 unspecified atom stereocenters. The van der Waals surface area contributed by atoms with Gasteiger partial charge in [0.25, 0.3) is 0 Å². The van der Waals surface area contributed by atoms with E-state index in [-0.39, 0.29) is 0 Å². The topological polar surface area (TPSA) is 0 Å². The molecule has 0 amide bonds. The average molecular weight is 509 g/mol. The first-order valence-electron chi connectivity index (χ1n) is 7.23. The molecule has 0 saturated carbocycles. The highest BCUT2D eigenvalue weighted by Gasteiger charge is 2.29. The molecule has 0 saturated heterocycles. The predicted molar refractivity (Wildman–Crippen MR) is 140 cm³/mol. The molecule has 0 aromatic heterocycles. The second-order valence-corrected chi connectivity index (χ2v) is 14.8. The zero-order chi connectivity index (χ0) is 17.4. The van der Waals surface area contributed by atoms with Gasteiger partial charge in [0.15, 0.2) is 0 Å². The minimum Gasteiger partial charge on any atom is -0.179 e. The van der Waals surface area contributed by atoms with Gasteiger partial charge in [-0.2, -0.15) is 25.3 Å². The molecule has 0 nitrogen and oxygen atoms in total. The molecule has 0 atom stereocenters. The third kappa shape index (κ3) is 6.95. The van der Waals surface area contributed by atoms with Gasteiger partial charge in [0, 0.05) is 0 Å². The van der Waals surface area contributed by atoms with Crippen molar-refractivity contribution in [1.82, 2.24) is 0 Å². The Balaban J connectivity index is 1.99. The molecule has 0 aromatic carbocycles. The van der Waals surface area contributed by atoms with E-state index in [2.05, 4.69) is 37.8 Å². The molecule has 0 fully saturated rings. The van der Waals surface area contributed by atoms with Crippen LogP contribution in [0, 0.1) is 0 Å². The van der Waals surface area contributed by atoms with Crippen LogP contribution in [0.4, 0.5) is 0 Å². The van der Waals surface area contributed by atoms with E-state index in [9.17, 15) is 0 Å². The number of hydrogen-bond donors (Lipinski definition) is 2. The number of rotatable bonds is 10. The molecule has 10 heteroatoms. The Bertz CT molecular complexity index is 476. The van der Waals surface area contributed by atoms with E-state index >= 15 is 0 Å². The van der Waals surface area contributed by atoms with Crippen LogP contribution in [0.5, 0.6) is 0 Å². The smallest absolute Gasteiger partial charge is 0.0717 e. The minimum absolute atomic E-state index is 0.972. The summed E-state index contributed by atoms with van der Waals surface area (Å²) in [6.45, 7) is 0. The predicted octanol–water partition coefficient (Wildman–Crippen LogP) is 8.16. The normalized spacial score (nSPS) is 21.5. The van der Waals surface area contributed by atoms with Crippen molar-refractivity contribution in [2.45, 2.75) is 12.8 Å². The van der Waals surface area contributed by atoms with Crippen molar-refractivity contribution < 1.29 is 0 Å². The first-order chi connectivity index (χ1) is 11.7. The van der Waals surface area contributed by atoms with Crippen LogP contribution in [0.2, 0.25) is 0 Å². The summed E-state index contributed by atoms with van der Waals surface area (Å²) in [5.41, 5.74) is 0. The molecule has 2 aliphatic rings. The van der Waals surface area contributed by atoms with E-state index < -0.39 is 0 Å². The van der Waals surface area contributed by atoms with Crippen molar-refractivity contribution in [2.24, 2.45) is 0 Å². The maximum absolute atomic E-state index is 4.32. The second-order valence-electron chi connectivity index (χ2n) is 4.39. The third-order valence-electron chi connectivity index (χ3n) is 2.68. The SMILES string of the molecule is CSC1=C(SCCCS)S/C(=C2/SC(SC)=C(SCCCS)S2)S1. The van der Waals surface area contributed by atoms with E-state index in [4.69, 9.17) is 0 Å². The molecule has 0 radical (unpaired) electrons. The first-order valence-corrected chi connectivity index (χ1v) is 16.2. The van der Waals surface area contributed by atoms with Crippen LogP contribution < -0.4 is 0 Å². The fourth-order valence-corrected chi connectivity index (χ4v) is 13.5. The van der Waals surface area contributed by atoms with Crippen molar-refractivity contribution in [2.75, 3.05) is 35.5 Å². The fraction of sp³-hybridized carbons (Fsp3) is 0.571. The largest absolute Gasteiger partial charge is 0.179 e. The Morgan fingerprint density at radius 1 is 0.667 bits per heavy atom. The fourth-order valence-electron chi connectivity index (χ4n) is 1.60. The van der Waals surface area contributed by atoms with Gasteiger partial charge >= 0.3 is 0 Å². The molecule has 2 rings (SSSR count). The van der Waals surface area contributed by atoms with Crippen LogP contribution in [-0.2, 0) is 0 Å². The quantitative estimate of drug-likeness (QED) is 0.221. The molecular formula is C14H20S10. The minimum atomic E-state index is 0.972. The van der Waals surface area contributed by atoms with E-state index in [0.717, 1.165) is 11.5 Å². The number of thiol groups is 2. The van der Waals surface area contributed by atoms with Gasteiger partial charge in [0.05, 0.1) is 25.4 Å². The zero-order valence-corrected chi connectivity index (χ0v) is 21.7. The molecular weight excluding hydrogens is 489 g/mol. The van der Waals surface area contributed by atoms with Gasteiger partial charge in [0.2, 0.25) is 0 Å². The van der Waals surface area contributed by atoms with Crippen molar-refractivity contribution >= 4 is 119 Å². The number of hydrogen-bond acceptors (Lipinski definition) is 10. The summed E-state index contributed by atoms with van der Waals surface area (Å²) in [6, 6.07) is 0. The van der Waals surface area contributed by atoms with Crippen LogP contribution in [0.15, 0.2) is 25.4 Å². The Labute approximate surface area is 191 Å². The average Bonchev–Trinajstić information content (AvgIpc) is 3.19. The molecule has 2 aliphatic heterocycles. The summed E-state index contributed by atoms with van der Waals surface area (Å²) in [6.07, 6.45) is 6.72. The molecule has 0 N–H and O–H groups in total. The van der Waals surface area contributed by atoms with Crippen LogP contribution in [0.3, 0.4) is 0 Å². The molecule has 2 heterocycles. The van der Waals surface area contributed by atoms with Gasteiger partial charge < -0.3 is 0 Å². The molecule has 24 heavy (non-hydrogen) atoms. The molecule has 0 bridgehead atoms. The van der Waals surface area contributed by atoms with Gasteiger partial charge in [-0.15, -0.1) is 47.0 Å². The highest BCUT2D eigenvalue weighted by Crippen LogP contribution is 2.65. The zero-order valence-electron chi connectivity index (χ0n) is 13.4. The lowest BCUT2D eigenvalue weighted by Crippen LogP contribution is -1.80. The Morgan fingerprint density at radius 3 is 1.38 bits per heavy atom. The second kappa shape index (κ2) is 13.0. The lowest BCUT2D eigenvalue weighted by molar-refractivity contribution is 1.13. The van der Waals surface area contributed by atoms with Crippen molar-refractivity contribution in [1.29, 1.82) is 0 Å². The van der Waals surface area contributed by atoms with Crippen LogP contribution >= 0.6 is 119 Å².